The second-order valence-electron chi connectivity index (χ2n) is 4.83. The molecule has 0 saturated carbocycles. The predicted molar refractivity (Wildman–Crippen MR) is 87.1 cm³/mol. The molecule has 23 heavy (non-hydrogen) atoms. The largest absolute Gasteiger partial charge is 0.283 e. The Morgan fingerprint density at radius 1 is 1.35 bits per heavy atom. The molecule has 0 amide bonds. The Labute approximate surface area is 132 Å². The van der Waals surface area contributed by atoms with Crippen LogP contribution in [0.15, 0.2) is 54.3 Å². The van der Waals surface area contributed by atoms with Gasteiger partial charge in [-0.05, 0) is 12.1 Å². The highest BCUT2D eigenvalue weighted by atomic mass is 32.2. The van der Waals surface area contributed by atoms with E-state index in [1.54, 1.807) is 30.1 Å². The van der Waals surface area contributed by atoms with Crippen molar-refractivity contribution in [2.24, 2.45) is 7.05 Å². The minimum atomic E-state index is -3.83. The topological polar surface area (TPSA) is 106 Å². The van der Waals surface area contributed by atoms with Crippen molar-refractivity contribution in [2.75, 3.05) is 4.72 Å². The number of nitrogens with zero attached hydrogens (tertiary/aromatic N) is 4. The average molecular weight is 330 g/mol. The van der Waals surface area contributed by atoms with Crippen LogP contribution in [0.1, 0.15) is 0 Å². The highest BCUT2D eigenvalue weighted by Gasteiger charge is 2.19. The van der Waals surface area contributed by atoms with Gasteiger partial charge in [-0.3, -0.25) is 14.8 Å². The fourth-order valence-electron chi connectivity index (χ4n) is 2.19. The predicted octanol–water partition coefficient (Wildman–Crippen LogP) is 1.58. The molecule has 0 fully saturated rings. The van der Waals surface area contributed by atoms with Crippen LogP contribution in [0, 0.1) is 5.41 Å². The standard InChI is InChI=1S/C14H14N6O2S/c1-3-13(15)20-9-11(8-17-20)23(21,22)18-12-6-4-5-10-7-16-19(2)14(10)12/h3-9,15,18H,1H2,2H3. The van der Waals surface area contributed by atoms with Crippen molar-refractivity contribution in [3.05, 3.63) is 49.4 Å². The molecule has 0 atom stereocenters. The summed E-state index contributed by atoms with van der Waals surface area (Å²) in [5.74, 6) is -0.0137. The van der Waals surface area contributed by atoms with Gasteiger partial charge in [-0.15, -0.1) is 0 Å². The molecule has 3 rings (SSSR count). The third-order valence-corrected chi connectivity index (χ3v) is 4.63. The maximum Gasteiger partial charge on any atom is 0.265 e. The average Bonchev–Trinajstić information content (AvgIpc) is 3.15. The first kappa shape index (κ1) is 15.0. The summed E-state index contributed by atoms with van der Waals surface area (Å²) in [7, 11) is -2.09. The van der Waals surface area contributed by atoms with Crippen LogP contribution in [0.25, 0.3) is 10.9 Å². The summed E-state index contributed by atoms with van der Waals surface area (Å²) in [4.78, 5) is -0.0386. The van der Waals surface area contributed by atoms with Crippen LogP contribution < -0.4 is 4.72 Å². The molecular formula is C14H14N6O2S. The van der Waals surface area contributed by atoms with E-state index in [-0.39, 0.29) is 10.7 Å². The molecule has 0 aliphatic rings. The van der Waals surface area contributed by atoms with E-state index in [0.717, 1.165) is 10.1 Å². The number of hydrogen-bond donors (Lipinski definition) is 2. The Hall–Kier alpha value is -2.94. The van der Waals surface area contributed by atoms with E-state index >= 15 is 0 Å². The Balaban J connectivity index is 2.00. The number of hydrogen-bond acceptors (Lipinski definition) is 5. The van der Waals surface area contributed by atoms with Crippen LogP contribution in [0.5, 0.6) is 0 Å². The molecule has 118 valence electrons. The van der Waals surface area contributed by atoms with Gasteiger partial charge in [0.1, 0.15) is 10.7 Å². The number of allylic oxidation sites excluding steroid dienone is 1. The lowest BCUT2D eigenvalue weighted by atomic mass is 10.2. The van der Waals surface area contributed by atoms with E-state index in [4.69, 9.17) is 5.41 Å². The minimum Gasteiger partial charge on any atom is -0.283 e. The molecule has 9 heteroatoms. The van der Waals surface area contributed by atoms with Crippen molar-refractivity contribution in [3.63, 3.8) is 0 Å². The molecule has 0 aliphatic carbocycles. The molecule has 3 aromatic rings. The summed E-state index contributed by atoms with van der Waals surface area (Å²) >= 11 is 0. The molecule has 0 spiro atoms. The van der Waals surface area contributed by atoms with E-state index in [1.165, 1.54) is 18.5 Å². The van der Waals surface area contributed by atoms with Gasteiger partial charge < -0.3 is 0 Å². The van der Waals surface area contributed by atoms with Crippen LogP contribution in [-0.4, -0.2) is 33.8 Å². The number of sulfonamides is 1. The van der Waals surface area contributed by atoms with E-state index in [0.29, 0.717) is 11.2 Å². The second-order valence-corrected chi connectivity index (χ2v) is 6.51. The first-order valence-electron chi connectivity index (χ1n) is 6.62. The maximum atomic E-state index is 12.5. The lowest BCUT2D eigenvalue weighted by Crippen LogP contribution is -2.13. The highest BCUT2D eigenvalue weighted by Crippen LogP contribution is 2.25. The summed E-state index contributed by atoms with van der Waals surface area (Å²) in [5.41, 5.74) is 1.11. The van der Waals surface area contributed by atoms with Crippen LogP contribution in [0.4, 0.5) is 5.69 Å². The van der Waals surface area contributed by atoms with Gasteiger partial charge in [0.2, 0.25) is 0 Å². The van der Waals surface area contributed by atoms with Gasteiger partial charge in [0.05, 0.1) is 29.8 Å². The molecule has 2 aromatic heterocycles. The molecule has 1 aromatic carbocycles. The number of nitrogens with one attached hydrogen (secondary N) is 2. The zero-order chi connectivity index (χ0) is 16.6. The van der Waals surface area contributed by atoms with Crippen LogP contribution >= 0.6 is 0 Å². The van der Waals surface area contributed by atoms with Crippen LogP contribution in [0.3, 0.4) is 0 Å². The smallest absolute Gasteiger partial charge is 0.265 e. The van der Waals surface area contributed by atoms with Crippen molar-refractivity contribution in [3.8, 4) is 0 Å². The van der Waals surface area contributed by atoms with Crippen LogP contribution in [-0.2, 0) is 17.1 Å². The molecule has 2 heterocycles. The first-order chi connectivity index (χ1) is 10.9. The van der Waals surface area contributed by atoms with E-state index < -0.39 is 10.0 Å². The summed E-state index contributed by atoms with van der Waals surface area (Å²) in [6.07, 6.45) is 5.38. The van der Waals surface area contributed by atoms with Gasteiger partial charge in [0, 0.05) is 12.4 Å². The van der Waals surface area contributed by atoms with Gasteiger partial charge in [-0.2, -0.15) is 10.2 Å². The third-order valence-electron chi connectivity index (χ3n) is 3.31. The molecular weight excluding hydrogens is 316 g/mol. The zero-order valence-electron chi connectivity index (χ0n) is 12.3. The van der Waals surface area contributed by atoms with Crippen molar-refractivity contribution in [2.45, 2.75) is 4.90 Å². The molecule has 8 nitrogen and oxygen atoms in total. The number of benzene rings is 1. The minimum absolute atomic E-state index is 0.0137. The van der Waals surface area contributed by atoms with Gasteiger partial charge in [-0.25, -0.2) is 13.1 Å². The highest BCUT2D eigenvalue weighted by molar-refractivity contribution is 7.92. The monoisotopic (exact) mass is 330 g/mol. The normalized spacial score (nSPS) is 11.5. The van der Waals surface area contributed by atoms with Gasteiger partial charge in [0.25, 0.3) is 10.0 Å². The summed E-state index contributed by atoms with van der Waals surface area (Å²) < 4.78 is 30.3. The van der Waals surface area contributed by atoms with Crippen molar-refractivity contribution in [1.82, 2.24) is 19.6 Å². The van der Waals surface area contributed by atoms with Gasteiger partial charge >= 0.3 is 0 Å². The number of fused-ring (bicyclic) bond motifs is 1. The van der Waals surface area contributed by atoms with Gasteiger partial charge in [-0.1, -0.05) is 18.7 Å². The Morgan fingerprint density at radius 2 is 2.13 bits per heavy atom. The zero-order valence-corrected chi connectivity index (χ0v) is 13.1. The fourth-order valence-corrected chi connectivity index (χ4v) is 3.19. The number of anilines is 1. The lowest BCUT2D eigenvalue weighted by Gasteiger charge is -2.08. The Kier molecular flexibility index (Phi) is 3.49. The maximum absolute atomic E-state index is 12.5. The molecule has 0 radical (unpaired) electrons. The Morgan fingerprint density at radius 3 is 2.87 bits per heavy atom. The molecule has 0 bridgehead atoms. The summed E-state index contributed by atoms with van der Waals surface area (Å²) in [6, 6.07) is 5.26. The second kappa shape index (κ2) is 5.36. The van der Waals surface area contributed by atoms with E-state index in [9.17, 15) is 8.42 Å². The Bertz CT molecular complexity index is 1010. The van der Waals surface area contributed by atoms with Crippen LogP contribution in [0.2, 0.25) is 0 Å². The quantitative estimate of drug-likeness (QED) is 0.559. The van der Waals surface area contributed by atoms with Gasteiger partial charge in [0.15, 0.2) is 0 Å². The van der Waals surface area contributed by atoms with Crippen molar-refractivity contribution < 1.29 is 8.42 Å². The first-order valence-corrected chi connectivity index (χ1v) is 8.10. The van der Waals surface area contributed by atoms with E-state index in [2.05, 4.69) is 21.5 Å². The number of para-hydroxylation sites is 1. The molecule has 0 unspecified atom stereocenters. The van der Waals surface area contributed by atoms with Crippen molar-refractivity contribution >= 4 is 32.4 Å². The molecule has 0 aliphatic heterocycles. The van der Waals surface area contributed by atoms with E-state index in [1.807, 2.05) is 6.07 Å². The summed E-state index contributed by atoms with van der Waals surface area (Å²) in [6.45, 7) is 3.45. The number of aryl methyl sites for hydroxylation is 1. The van der Waals surface area contributed by atoms with Crippen molar-refractivity contribution in [1.29, 1.82) is 5.41 Å². The SMILES string of the molecule is C=CC(=N)n1cc(S(=O)(=O)Nc2cccc3cnn(C)c23)cn1. The summed E-state index contributed by atoms with van der Waals surface area (Å²) in [5, 5.41) is 16.4. The number of rotatable bonds is 4. The molecule has 0 saturated heterocycles. The lowest BCUT2D eigenvalue weighted by molar-refractivity contribution is 0.601. The third kappa shape index (κ3) is 2.61. The number of aromatic nitrogens is 4. The molecule has 2 N–H and O–H groups in total. The fraction of sp³-hybridized carbons (Fsp3) is 0.0714.